The fourth-order valence-corrected chi connectivity index (χ4v) is 3.44. The Morgan fingerprint density at radius 2 is 2.00 bits per heavy atom. The fraction of sp³-hybridized carbons (Fsp3) is 0.222. The smallest absolute Gasteiger partial charge is 0.257 e. The lowest BCUT2D eigenvalue weighted by Gasteiger charge is -2.44. The molecule has 0 spiro atoms. The third-order valence-electron chi connectivity index (χ3n) is 4.29. The van der Waals surface area contributed by atoms with E-state index in [-0.39, 0.29) is 24.1 Å². The molecule has 0 radical (unpaired) electrons. The summed E-state index contributed by atoms with van der Waals surface area (Å²) < 4.78 is 0.532. The number of phenolic OH excluding ortho intramolecular Hbond substituents is 1. The zero-order chi connectivity index (χ0) is 18.1. The molecule has 0 fully saturated rings. The van der Waals surface area contributed by atoms with E-state index in [1.54, 1.807) is 49.3 Å². The van der Waals surface area contributed by atoms with Crippen molar-refractivity contribution in [1.82, 2.24) is 10.2 Å². The van der Waals surface area contributed by atoms with Gasteiger partial charge in [-0.15, -0.1) is 0 Å². The number of hydrogen-bond acceptors (Lipinski definition) is 4. The lowest BCUT2D eigenvalue weighted by Crippen LogP contribution is -2.50. The van der Waals surface area contributed by atoms with Gasteiger partial charge in [-0.25, -0.2) is 0 Å². The molecule has 1 aliphatic heterocycles. The Morgan fingerprint density at radius 3 is 2.68 bits per heavy atom. The van der Waals surface area contributed by atoms with E-state index in [9.17, 15) is 14.7 Å². The average Bonchev–Trinajstić information content (AvgIpc) is 2.62. The van der Waals surface area contributed by atoms with Crippen LogP contribution in [-0.4, -0.2) is 42.5 Å². The van der Waals surface area contributed by atoms with Gasteiger partial charge in [-0.1, -0.05) is 18.2 Å². The Hall–Kier alpha value is -2.54. The van der Waals surface area contributed by atoms with Crippen molar-refractivity contribution in [3.05, 3.63) is 58.1 Å². The van der Waals surface area contributed by atoms with Crippen molar-refractivity contribution in [2.24, 2.45) is 0 Å². The fourth-order valence-electron chi connectivity index (χ4n) is 3.04. The molecule has 0 saturated carbocycles. The summed E-state index contributed by atoms with van der Waals surface area (Å²) >= 11 is 3.31. The molecule has 1 atom stereocenters. The topological polar surface area (TPSA) is 72.9 Å². The number of benzene rings is 2. The number of carbonyl (C=O) groups is 2. The standard InChI is InChI=1S/C18H18BrN3O3/c1-20-16(24)10-22-14-6-4-3-5-12(14)18(25)21(2)17(22)11-7-8-15(23)13(19)9-11/h3-9,17,23H,10H2,1-2H3,(H,20,24). The number of nitrogens with one attached hydrogen (secondary N) is 1. The number of carbonyl (C=O) groups excluding carboxylic acids is 2. The Morgan fingerprint density at radius 1 is 1.28 bits per heavy atom. The number of aromatic hydroxyl groups is 1. The van der Waals surface area contributed by atoms with E-state index >= 15 is 0 Å². The van der Waals surface area contributed by atoms with Gasteiger partial charge in [0, 0.05) is 14.1 Å². The van der Waals surface area contributed by atoms with Crippen molar-refractivity contribution in [2.45, 2.75) is 6.17 Å². The van der Waals surface area contributed by atoms with Gasteiger partial charge in [0.1, 0.15) is 11.9 Å². The van der Waals surface area contributed by atoms with Crippen LogP contribution in [0.2, 0.25) is 0 Å². The maximum atomic E-state index is 12.8. The molecular weight excluding hydrogens is 386 g/mol. The second-order valence-corrected chi connectivity index (χ2v) is 6.67. The van der Waals surface area contributed by atoms with Gasteiger partial charge in [-0.2, -0.15) is 0 Å². The highest BCUT2D eigenvalue weighted by atomic mass is 79.9. The van der Waals surface area contributed by atoms with Crippen LogP contribution in [0.5, 0.6) is 5.75 Å². The van der Waals surface area contributed by atoms with Crippen LogP contribution < -0.4 is 10.2 Å². The maximum absolute atomic E-state index is 12.8. The van der Waals surface area contributed by atoms with Crippen LogP contribution in [0.25, 0.3) is 0 Å². The van der Waals surface area contributed by atoms with Gasteiger partial charge >= 0.3 is 0 Å². The van der Waals surface area contributed by atoms with E-state index < -0.39 is 6.17 Å². The van der Waals surface area contributed by atoms with E-state index in [1.165, 1.54) is 0 Å². The highest BCUT2D eigenvalue weighted by Gasteiger charge is 2.37. The Kier molecular flexibility index (Phi) is 4.67. The summed E-state index contributed by atoms with van der Waals surface area (Å²) in [6.07, 6.45) is -0.461. The lowest BCUT2D eigenvalue weighted by molar-refractivity contribution is -0.119. The van der Waals surface area contributed by atoms with E-state index in [1.807, 2.05) is 17.0 Å². The van der Waals surface area contributed by atoms with Crippen molar-refractivity contribution < 1.29 is 14.7 Å². The van der Waals surface area contributed by atoms with Crippen LogP contribution in [0.4, 0.5) is 5.69 Å². The zero-order valence-electron chi connectivity index (χ0n) is 13.9. The quantitative estimate of drug-likeness (QED) is 0.825. The molecule has 130 valence electrons. The van der Waals surface area contributed by atoms with Crippen LogP contribution in [0.1, 0.15) is 22.1 Å². The second-order valence-electron chi connectivity index (χ2n) is 5.82. The van der Waals surface area contributed by atoms with Crippen LogP contribution in [0.3, 0.4) is 0 Å². The summed E-state index contributed by atoms with van der Waals surface area (Å²) in [4.78, 5) is 28.3. The van der Waals surface area contributed by atoms with E-state index in [0.29, 0.717) is 15.7 Å². The highest BCUT2D eigenvalue weighted by molar-refractivity contribution is 9.10. The van der Waals surface area contributed by atoms with Crippen LogP contribution in [0, 0.1) is 0 Å². The Bertz CT molecular complexity index is 840. The number of hydrogen-bond donors (Lipinski definition) is 2. The van der Waals surface area contributed by atoms with Crippen molar-refractivity contribution in [3.8, 4) is 5.75 Å². The molecule has 2 N–H and O–H groups in total. The van der Waals surface area contributed by atoms with Crippen LogP contribution in [-0.2, 0) is 4.79 Å². The molecule has 1 aliphatic rings. The third kappa shape index (κ3) is 3.07. The third-order valence-corrected chi connectivity index (χ3v) is 4.92. The molecule has 1 heterocycles. The van der Waals surface area contributed by atoms with E-state index in [2.05, 4.69) is 21.2 Å². The minimum absolute atomic E-state index is 0.105. The largest absolute Gasteiger partial charge is 0.507 e. The van der Waals surface area contributed by atoms with Gasteiger partial charge in [0.05, 0.1) is 22.3 Å². The Balaban J connectivity index is 2.14. The molecule has 2 aromatic rings. The summed E-state index contributed by atoms with van der Waals surface area (Å²) in [6, 6.07) is 12.3. The lowest BCUT2D eigenvalue weighted by atomic mass is 10.0. The van der Waals surface area contributed by atoms with Gasteiger partial charge in [0.2, 0.25) is 5.91 Å². The zero-order valence-corrected chi connectivity index (χ0v) is 15.4. The summed E-state index contributed by atoms with van der Waals surface area (Å²) in [7, 11) is 3.29. The van der Waals surface area contributed by atoms with Gasteiger partial charge in [0.25, 0.3) is 5.91 Å². The van der Waals surface area contributed by atoms with Gasteiger partial charge in [0.15, 0.2) is 0 Å². The molecule has 6 nitrogen and oxygen atoms in total. The van der Waals surface area contributed by atoms with Crippen molar-refractivity contribution in [1.29, 1.82) is 0 Å². The number of phenols is 1. The number of halogens is 1. The minimum atomic E-state index is -0.461. The first-order chi connectivity index (χ1) is 11.9. The number of rotatable bonds is 3. The van der Waals surface area contributed by atoms with Gasteiger partial charge < -0.3 is 20.2 Å². The molecule has 2 amide bonds. The number of anilines is 1. The highest BCUT2D eigenvalue weighted by Crippen LogP contribution is 2.39. The summed E-state index contributed by atoms with van der Waals surface area (Å²) in [5.41, 5.74) is 2.06. The molecule has 0 bridgehead atoms. The molecular formula is C18H18BrN3O3. The molecule has 25 heavy (non-hydrogen) atoms. The summed E-state index contributed by atoms with van der Waals surface area (Å²) in [5, 5.41) is 12.4. The van der Waals surface area contributed by atoms with Crippen LogP contribution in [0.15, 0.2) is 46.9 Å². The van der Waals surface area contributed by atoms with Gasteiger partial charge in [-0.05, 0) is 45.8 Å². The Labute approximate surface area is 154 Å². The normalized spacial score (nSPS) is 16.6. The van der Waals surface area contributed by atoms with Crippen molar-refractivity contribution >= 4 is 33.4 Å². The first-order valence-electron chi connectivity index (χ1n) is 7.76. The minimum Gasteiger partial charge on any atom is -0.507 e. The predicted molar refractivity (Wildman–Crippen MR) is 98.5 cm³/mol. The molecule has 3 rings (SSSR count). The molecule has 0 saturated heterocycles. The number of amides is 2. The number of nitrogens with zero attached hydrogens (tertiary/aromatic N) is 2. The number of para-hydroxylation sites is 1. The maximum Gasteiger partial charge on any atom is 0.257 e. The molecule has 0 aromatic heterocycles. The first-order valence-corrected chi connectivity index (χ1v) is 8.55. The van der Waals surface area contributed by atoms with Crippen LogP contribution >= 0.6 is 15.9 Å². The van der Waals surface area contributed by atoms with Gasteiger partial charge in [-0.3, -0.25) is 9.59 Å². The van der Waals surface area contributed by atoms with Crippen molar-refractivity contribution in [3.63, 3.8) is 0 Å². The predicted octanol–water partition coefficient (Wildman–Crippen LogP) is 2.49. The number of likely N-dealkylation sites (N-methyl/N-ethyl adjacent to an activating group) is 1. The monoisotopic (exact) mass is 403 g/mol. The summed E-state index contributed by atoms with van der Waals surface area (Å²) in [5.74, 6) is -0.148. The number of fused-ring (bicyclic) bond motifs is 1. The molecule has 1 unspecified atom stereocenters. The second kappa shape index (κ2) is 6.76. The SMILES string of the molecule is CNC(=O)CN1c2ccccc2C(=O)N(C)C1c1ccc(O)c(Br)c1. The molecule has 0 aliphatic carbocycles. The average molecular weight is 404 g/mol. The molecule has 7 heteroatoms. The first kappa shape index (κ1) is 17.3. The molecule has 2 aromatic carbocycles. The van der Waals surface area contributed by atoms with E-state index in [0.717, 1.165) is 5.56 Å². The van der Waals surface area contributed by atoms with Crippen molar-refractivity contribution in [2.75, 3.05) is 25.5 Å². The van der Waals surface area contributed by atoms with E-state index in [4.69, 9.17) is 0 Å². The summed E-state index contributed by atoms with van der Waals surface area (Å²) in [6.45, 7) is 0.105.